The van der Waals surface area contributed by atoms with Crippen LogP contribution in [0.2, 0.25) is 0 Å². The maximum absolute atomic E-state index is 12.5. The van der Waals surface area contributed by atoms with Crippen LogP contribution in [-0.4, -0.2) is 21.0 Å². The molecule has 2 rings (SSSR count). The fourth-order valence-corrected chi connectivity index (χ4v) is 2.03. The largest absolute Gasteiger partial charge is 0.416 e. The molecule has 134 valence electrons. The van der Waals surface area contributed by atoms with Gasteiger partial charge in [0.2, 0.25) is 0 Å². The summed E-state index contributed by atoms with van der Waals surface area (Å²) < 4.78 is 39.5. The van der Waals surface area contributed by atoms with Crippen molar-refractivity contribution in [3.63, 3.8) is 0 Å². The van der Waals surface area contributed by atoms with E-state index in [-0.39, 0.29) is 5.82 Å². The number of alkyl halides is 3. The lowest BCUT2D eigenvalue weighted by Gasteiger charge is -2.13. The summed E-state index contributed by atoms with van der Waals surface area (Å²) in [6, 6.07) is 4.24. The molecule has 1 heterocycles. The van der Waals surface area contributed by atoms with Crippen molar-refractivity contribution >= 4 is 5.69 Å². The van der Waals surface area contributed by atoms with Gasteiger partial charge in [0, 0.05) is 31.2 Å². The summed E-state index contributed by atoms with van der Waals surface area (Å²) in [6.07, 6.45) is 2.10. The minimum absolute atomic E-state index is 0.0930. The number of halogens is 3. The van der Waals surface area contributed by atoms with E-state index in [2.05, 4.69) is 15.6 Å². The van der Waals surface area contributed by atoms with Crippen LogP contribution in [0.1, 0.15) is 12.0 Å². The summed E-state index contributed by atoms with van der Waals surface area (Å²) in [5.41, 5.74) is -0.477. The van der Waals surface area contributed by atoms with Crippen molar-refractivity contribution in [3.8, 4) is 0 Å². The lowest BCUT2D eigenvalue weighted by Crippen LogP contribution is -2.23. The Labute approximate surface area is 141 Å². The number of hydrogen-bond acceptors (Lipinski definition) is 5. The molecule has 0 saturated carbocycles. The number of rotatable bonds is 8. The Bertz CT molecular complexity index is 712. The molecule has 0 atom stereocenters. The molecule has 0 aliphatic heterocycles. The normalized spacial score (nSPS) is 12.0. The molecule has 0 aliphatic rings. The predicted molar refractivity (Wildman–Crippen MR) is 85.0 cm³/mol. The second kappa shape index (κ2) is 8.18. The number of nitrogens with zero attached hydrogens (tertiary/aromatic N) is 3. The zero-order valence-electron chi connectivity index (χ0n) is 13.0. The van der Waals surface area contributed by atoms with Crippen LogP contribution >= 0.6 is 0 Å². The molecule has 0 bridgehead atoms. The van der Waals surface area contributed by atoms with Crippen LogP contribution in [0.4, 0.5) is 18.9 Å². The molecule has 0 saturated heterocycles. The van der Waals surface area contributed by atoms with Gasteiger partial charge in [-0.25, -0.2) is 4.98 Å². The Kier molecular flexibility index (Phi) is 5.98. The summed E-state index contributed by atoms with van der Waals surface area (Å²) in [4.78, 5) is 14.0. The van der Waals surface area contributed by atoms with Crippen molar-refractivity contribution < 1.29 is 18.1 Å². The van der Waals surface area contributed by atoms with Gasteiger partial charge in [-0.05, 0) is 30.7 Å². The lowest BCUT2D eigenvalue weighted by atomic mass is 10.2. The lowest BCUT2D eigenvalue weighted by molar-refractivity contribution is -0.403. The van der Waals surface area contributed by atoms with E-state index in [9.17, 15) is 23.3 Å². The maximum Gasteiger partial charge on any atom is 0.416 e. The molecule has 0 aliphatic carbocycles. The van der Waals surface area contributed by atoms with Gasteiger partial charge in [0.05, 0.1) is 16.8 Å². The molecule has 1 aromatic heterocycles. The highest BCUT2D eigenvalue weighted by Crippen LogP contribution is 2.29. The van der Waals surface area contributed by atoms with Gasteiger partial charge in [-0.1, -0.05) is 0 Å². The smallest absolute Gasteiger partial charge is 0.366 e. The van der Waals surface area contributed by atoms with Crippen LogP contribution in [0.3, 0.4) is 0 Å². The van der Waals surface area contributed by atoms with Gasteiger partial charge in [-0.2, -0.15) is 13.2 Å². The Morgan fingerprint density at radius 1 is 1.32 bits per heavy atom. The summed E-state index contributed by atoms with van der Waals surface area (Å²) >= 11 is 0. The topological polar surface area (TPSA) is 85.0 Å². The Balaban J connectivity index is 1.92. The molecular formula is C15H16F3N5O2. The molecule has 2 N–H and O–H groups in total. The van der Waals surface area contributed by atoms with E-state index in [4.69, 9.17) is 0 Å². The monoisotopic (exact) mass is 355 g/mol. The number of anilines is 1. The molecular weight excluding hydrogens is 339 g/mol. The Morgan fingerprint density at radius 2 is 2.04 bits per heavy atom. The average molecular weight is 355 g/mol. The van der Waals surface area contributed by atoms with E-state index in [0.717, 1.165) is 18.3 Å². The summed E-state index contributed by atoms with van der Waals surface area (Å²) in [7, 11) is 0. The number of aryl methyl sites for hydroxylation is 1. The Morgan fingerprint density at radius 3 is 2.60 bits per heavy atom. The standard InChI is InChI=1S/C15H16F3N5O2/c16-15(17,18)12-2-4-13(5-3-12)21-14(10-23(24)25)20-6-1-8-22-9-7-19-11-22/h2-5,7,9-11,20-21H,1,6,8H2. The van der Waals surface area contributed by atoms with Gasteiger partial charge in [-0.3, -0.25) is 10.1 Å². The predicted octanol–water partition coefficient (Wildman–Crippen LogP) is 3.07. The molecule has 0 radical (unpaired) electrons. The van der Waals surface area contributed by atoms with Crippen molar-refractivity contribution in [2.45, 2.75) is 19.1 Å². The van der Waals surface area contributed by atoms with E-state index in [0.29, 0.717) is 25.2 Å². The molecule has 0 unspecified atom stereocenters. The molecule has 10 heteroatoms. The highest BCUT2D eigenvalue weighted by molar-refractivity contribution is 5.49. The van der Waals surface area contributed by atoms with Crippen LogP contribution in [-0.2, 0) is 12.7 Å². The third kappa shape index (κ3) is 6.16. The van der Waals surface area contributed by atoms with Crippen molar-refractivity contribution in [2.24, 2.45) is 0 Å². The molecule has 0 fully saturated rings. The van der Waals surface area contributed by atoms with Crippen molar-refractivity contribution in [1.82, 2.24) is 14.9 Å². The number of imidazole rings is 1. The maximum atomic E-state index is 12.5. The SMILES string of the molecule is O=[N+]([O-])C=C(NCCCn1ccnc1)Nc1ccc(C(F)(F)F)cc1. The van der Waals surface area contributed by atoms with Crippen molar-refractivity contribution in [3.05, 3.63) is 70.7 Å². The van der Waals surface area contributed by atoms with Gasteiger partial charge in [0.25, 0.3) is 6.20 Å². The van der Waals surface area contributed by atoms with E-state index in [1.807, 2.05) is 4.57 Å². The van der Waals surface area contributed by atoms with E-state index in [1.54, 1.807) is 18.7 Å². The van der Waals surface area contributed by atoms with Crippen LogP contribution in [0.25, 0.3) is 0 Å². The fourth-order valence-electron chi connectivity index (χ4n) is 2.03. The van der Waals surface area contributed by atoms with E-state index >= 15 is 0 Å². The molecule has 7 nitrogen and oxygen atoms in total. The Hall–Kier alpha value is -3.04. The molecule has 1 aromatic carbocycles. The first kappa shape index (κ1) is 18.3. The van der Waals surface area contributed by atoms with Crippen molar-refractivity contribution in [2.75, 3.05) is 11.9 Å². The second-order valence-electron chi connectivity index (χ2n) is 5.11. The first-order valence-electron chi connectivity index (χ1n) is 7.34. The minimum atomic E-state index is -4.43. The molecule has 0 spiro atoms. The number of aromatic nitrogens is 2. The summed E-state index contributed by atoms with van der Waals surface area (Å²) in [6.45, 7) is 1.12. The minimum Gasteiger partial charge on any atom is -0.366 e. The number of nitrogens with one attached hydrogen (secondary N) is 2. The van der Waals surface area contributed by atoms with Gasteiger partial charge in [-0.15, -0.1) is 0 Å². The highest BCUT2D eigenvalue weighted by Gasteiger charge is 2.29. The summed E-state index contributed by atoms with van der Waals surface area (Å²) in [5, 5.41) is 16.3. The average Bonchev–Trinajstić information content (AvgIpc) is 3.04. The zero-order chi connectivity index (χ0) is 18.3. The second-order valence-corrected chi connectivity index (χ2v) is 5.11. The molecule has 25 heavy (non-hydrogen) atoms. The molecule has 0 amide bonds. The number of nitro groups is 1. The molecule has 2 aromatic rings. The van der Waals surface area contributed by atoms with Gasteiger partial charge in [0.15, 0.2) is 5.82 Å². The van der Waals surface area contributed by atoms with Gasteiger partial charge >= 0.3 is 6.18 Å². The van der Waals surface area contributed by atoms with Gasteiger partial charge in [0.1, 0.15) is 0 Å². The van der Waals surface area contributed by atoms with Crippen LogP contribution in [0.5, 0.6) is 0 Å². The fraction of sp³-hybridized carbons (Fsp3) is 0.267. The number of benzene rings is 1. The highest BCUT2D eigenvalue weighted by atomic mass is 19.4. The van der Waals surface area contributed by atoms with Crippen LogP contribution < -0.4 is 10.6 Å². The van der Waals surface area contributed by atoms with Gasteiger partial charge < -0.3 is 15.2 Å². The number of hydrogen-bond donors (Lipinski definition) is 2. The first-order valence-corrected chi connectivity index (χ1v) is 7.34. The van der Waals surface area contributed by atoms with Crippen LogP contribution in [0.15, 0.2) is 55.0 Å². The quantitative estimate of drug-likeness (QED) is 0.432. The third-order valence-electron chi connectivity index (χ3n) is 3.19. The van der Waals surface area contributed by atoms with Crippen LogP contribution in [0, 0.1) is 10.1 Å². The first-order chi connectivity index (χ1) is 11.8. The van der Waals surface area contributed by atoms with E-state index < -0.39 is 16.7 Å². The van der Waals surface area contributed by atoms with Crippen molar-refractivity contribution in [1.29, 1.82) is 0 Å². The summed E-state index contributed by atoms with van der Waals surface area (Å²) in [5.74, 6) is 0.0930. The zero-order valence-corrected chi connectivity index (χ0v) is 13.0. The third-order valence-corrected chi connectivity index (χ3v) is 3.19. The van der Waals surface area contributed by atoms with E-state index in [1.165, 1.54) is 12.1 Å².